The van der Waals surface area contributed by atoms with E-state index in [4.69, 9.17) is 4.74 Å². The van der Waals surface area contributed by atoms with Gasteiger partial charge < -0.3 is 15.0 Å². The lowest BCUT2D eigenvalue weighted by atomic mass is 10.1. The topological polar surface area (TPSA) is 24.5 Å². The standard InChI is InChI=1S/C15H23FN2O/c1-11(2)17-9-13-14(16)5-4-6-15(13)18-8-7-12(10-18)19-3/h4-6,11-12,17H,7-10H2,1-3H3. The number of methoxy groups -OCH3 is 1. The van der Waals surface area contributed by atoms with Gasteiger partial charge in [-0.25, -0.2) is 4.39 Å². The number of nitrogens with zero attached hydrogens (tertiary/aromatic N) is 1. The highest BCUT2D eigenvalue weighted by atomic mass is 19.1. The van der Waals surface area contributed by atoms with E-state index in [0.29, 0.717) is 12.6 Å². The van der Waals surface area contributed by atoms with E-state index in [1.807, 2.05) is 6.07 Å². The summed E-state index contributed by atoms with van der Waals surface area (Å²) in [6.45, 7) is 6.47. The number of hydrogen-bond acceptors (Lipinski definition) is 3. The van der Waals surface area contributed by atoms with Gasteiger partial charge in [-0.15, -0.1) is 0 Å². The van der Waals surface area contributed by atoms with Crippen LogP contribution in [0.5, 0.6) is 0 Å². The first-order valence-corrected chi connectivity index (χ1v) is 6.90. The molecule has 106 valence electrons. The van der Waals surface area contributed by atoms with Crippen LogP contribution in [0.25, 0.3) is 0 Å². The summed E-state index contributed by atoms with van der Waals surface area (Å²) in [4.78, 5) is 2.22. The Balaban J connectivity index is 2.17. The summed E-state index contributed by atoms with van der Waals surface area (Å²) in [6.07, 6.45) is 1.26. The summed E-state index contributed by atoms with van der Waals surface area (Å²) in [5.41, 5.74) is 1.75. The van der Waals surface area contributed by atoms with Crippen molar-refractivity contribution in [3.8, 4) is 0 Å². The van der Waals surface area contributed by atoms with Crippen molar-refractivity contribution in [3.05, 3.63) is 29.6 Å². The zero-order chi connectivity index (χ0) is 13.8. The Morgan fingerprint density at radius 2 is 2.26 bits per heavy atom. The van der Waals surface area contributed by atoms with Gasteiger partial charge in [-0.3, -0.25) is 0 Å². The van der Waals surface area contributed by atoms with Gasteiger partial charge in [0, 0.05) is 44.0 Å². The van der Waals surface area contributed by atoms with Gasteiger partial charge in [0.15, 0.2) is 0 Å². The lowest BCUT2D eigenvalue weighted by molar-refractivity contribution is 0.121. The van der Waals surface area contributed by atoms with Gasteiger partial charge in [0.2, 0.25) is 0 Å². The molecule has 0 aromatic heterocycles. The molecule has 0 saturated carbocycles. The first-order chi connectivity index (χ1) is 9.11. The molecule has 1 atom stereocenters. The maximum Gasteiger partial charge on any atom is 0.129 e. The maximum absolute atomic E-state index is 14.0. The van der Waals surface area contributed by atoms with Crippen LogP contribution in [0.3, 0.4) is 0 Å². The van der Waals surface area contributed by atoms with E-state index in [2.05, 4.69) is 24.1 Å². The molecule has 1 aliphatic rings. The van der Waals surface area contributed by atoms with Crippen molar-refractivity contribution >= 4 is 5.69 Å². The predicted octanol–water partition coefficient (Wildman–Crippen LogP) is 2.55. The van der Waals surface area contributed by atoms with Crippen LogP contribution in [0.15, 0.2) is 18.2 Å². The number of nitrogens with one attached hydrogen (secondary N) is 1. The molecule has 1 N–H and O–H groups in total. The van der Waals surface area contributed by atoms with Gasteiger partial charge in [-0.05, 0) is 18.6 Å². The molecular formula is C15H23FN2O. The van der Waals surface area contributed by atoms with Gasteiger partial charge in [0.1, 0.15) is 5.82 Å². The molecule has 1 saturated heterocycles. The minimum absolute atomic E-state index is 0.133. The quantitative estimate of drug-likeness (QED) is 0.886. The Kier molecular flexibility index (Phi) is 4.77. The van der Waals surface area contributed by atoms with Crippen molar-refractivity contribution in [2.45, 2.75) is 39.0 Å². The van der Waals surface area contributed by atoms with E-state index in [0.717, 1.165) is 30.8 Å². The van der Waals surface area contributed by atoms with Crippen LogP contribution in [0.1, 0.15) is 25.8 Å². The molecule has 0 bridgehead atoms. The third-order valence-corrected chi connectivity index (χ3v) is 3.60. The van der Waals surface area contributed by atoms with E-state index in [1.165, 1.54) is 6.07 Å². The van der Waals surface area contributed by atoms with Gasteiger partial charge in [0.25, 0.3) is 0 Å². The van der Waals surface area contributed by atoms with E-state index >= 15 is 0 Å². The molecule has 4 heteroatoms. The Morgan fingerprint density at radius 1 is 1.47 bits per heavy atom. The highest BCUT2D eigenvalue weighted by molar-refractivity contribution is 5.55. The normalized spacial score (nSPS) is 19.4. The van der Waals surface area contributed by atoms with E-state index in [1.54, 1.807) is 13.2 Å². The monoisotopic (exact) mass is 266 g/mol. The molecule has 1 heterocycles. The smallest absolute Gasteiger partial charge is 0.129 e. The number of benzene rings is 1. The molecule has 19 heavy (non-hydrogen) atoms. The van der Waals surface area contributed by atoms with Crippen molar-refractivity contribution in [1.82, 2.24) is 5.32 Å². The Morgan fingerprint density at radius 3 is 2.89 bits per heavy atom. The molecule has 0 radical (unpaired) electrons. The summed E-state index contributed by atoms with van der Waals surface area (Å²) < 4.78 is 19.4. The highest BCUT2D eigenvalue weighted by Gasteiger charge is 2.24. The molecule has 1 aromatic rings. The fourth-order valence-corrected chi connectivity index (χ4v) is 2.46. The van der Waals surface area contributed by atoms with Gasteiger partial charge in [0.05, 0.1) is 6.10 Å². The van der Waals surface area contributed by atoms with Crippen LogP contribution in [0.2, 0.25) is 0 Å². The van der Waals surface area contributed by atoms with Crippen molar-refractivity contribution in [2.75, 3.05) is 25.1 Å². The van der Waals surface area contributed by atoms with Gasteiger partial charge in [-0.1, -0.05) is 19.9 Å². The molecular weight excluding hydrogens is 243 g/mol. The fraction of sp³-hybridized carbons (Fsp3) is 0.600. The van der Waals surface area contributed by atoms with E-state index in [9.17, 15) is 4.39 Å². The third kappa shape index (κ3) is 3.45. The largest absolute Gasteiger partial charge is 0.380 e. The molecule has 3 nitrogen and oxygen atoms in total. The van der Waals surface area contributed by atoms with Crippen molar-refractivity contribution in [2.24, 2.45) is 0 Å². The number of anilines is 1. The van der Waals surface area contributed by atoms with Crippen LogP contribution in [-0.4, -0.2) is 32.3 Å². The second-order valence-corrected chi connectivity index (χ2v) is 5.37. The Hall–Kier alpha value is -1.13. The van der Waals surface area contributed by atoms with Gasteiger partial charge >= 0.3 is 0 Å². The van der Waals surface area contributed by atoms with Crippen LogP contribution < -0.4 is 10.2 Å². The summed E-state index contributed by atoms with van der Waals surface area (Å²) in [7, 11) is 1.74. The van der Waals surface area contributed by atoms with Crippen LogP contribution in [0.4, 0.5) is 10.1 Å². The zero-order valence-electron chi connectivity index (χ0n) is 11.9. The van der Waals surface area contributed by atoms with E-state index < -0.39 is 0 Å². The van der Waals surface area contributed by atoms with E-state index in [-0.39, 0.29) is 11.9 Å². The average Bonchev–Trinajstić information content (AvgIpc) is 2.85. The zero-order valence-corrected chi connectivity index (χ0v) is 11.9. The molecule has 1 aromatic carbocycles. The van der Waals surface area contributed by atoms with Crippen LogP contribution in [0, 0.1) is 5.82 Å². The number of hydrogen-bond donors (Lipinski definition) is 1. The SMILES string of the molecule is COC1CCN(c2cccc(F)c2CNC(C)C)C1. The predicted molar refractivity (Wildman–Crippen MR) is 76.0 cm³/mol. The van der Waals surface area contributed by atoms with Crippen molar-refractivity contribution in [3.63, 3.8) is 0 Å². The average molecular weight is 266 g/mol. The number of ether oxygens (including phenoxy) is 1. The van der Waals surface area contributed by atoms with Crippen LogP contribution in [-0.2, 0) is 11.3 Å². The highest BCUT2D eigenvalue weighted by Crippen LogP contribution is 2.27. The van der Waals surface area contributed by atoms with Crippen molar-refractivity contribution < 1.29 is 9.13 Å². The molecule has 0 amide bonds. The first-order valence-electron chi connectivity index (χ1n) is 6.90. The fourth-order valence-electron chi connectivity index (χ4n) is 2.46. The molecule has 2 rings (SSSR count). The first kappa shape index (κ1) is 14.3. The second-order valence-electron chi connectivity index (χ2n) is 5.37. The molecule has 1 aliphatic heterocycles. The molecule has 0 spiro atoms. The summed E-state index contributed by atoms with van der Waals surface area (Å²) in [5, 5.41) is 3.29. The molecule has 1 fully saturated rings. The lowest BCUT2D eigenvalue weighted by Crippen LogP contribution is -2.27. The minimum Gasteiger partial charge on any atom is -0.380 e. The molecule has 0 aliphatic carbocycles. The van der Waals surface area contributed by atoms with Crippen molar-refractivity contribution in [1.29, 1.82) is 0 Å². The maximum atomic E-state index is 14.0. The lowest BCUT2D eigenvalue weighted by Gasteiger charge is -2.23. The summed E-state index contributed by atoms with van der Waals surface area (Å²) in [5.74, 6) is -0.133. The summed E-state index contributed by atoms with van der Waals surface area (Å²) >= 11 is 0. The second kappa shape index (κ2) is 6.35. The third-order valence-electron chi connectivity index (χ3n) is 3.60. The number of rotatable bonds is 5. The number of halogens is 1. The van der Waals surface area contributed by atoms with Gasteiger partial charge in [-0.2, -0.15) is 0 Å². The minimum atomic E-state index is -0.133. The molecule has 1 unspecified atom stereocenters. The Bertz CT molecular complexity index is 423. The Labute approximate surface area is 114 Å². The summed E-state index contributed by atoms with van der Waals surface area (Å²) in [6, 6.07) is 5.66. The van der Waals surface area contributed by atoms with Crippen LogP contribution >= 0.6 is 0 Å².